The Kier molecular flexibility index (Phi) is 6.99. The van der Waals surface area contributed by atoms with Crippen molar-refractivity contribution < 1.29 is 15.3 Å². The van der Waals surface area contributed by atoms with Gasteiger partial charge in [-0.1, -0.05) is 6.08 Å². The molecular formula is C8H17NO3. The van der Waals surface area contributed by atoms with Crippen molar-refractivity contribution in [2.75, 3.05) is 32.9 Å². The van der Waals surface area contributed by atoms with Gasteiger partial charge in [0.1, 0.15) is 0 Å². The molecule has 72 valence electrons. The Morgan fingerprint density at radius 3 is 1.92 bits per heavy atom. The van der Waals surface area contributed by atoms with E-state index in [0.29, 0.717) is 13.1 Å². The summed E-state index contributed by atoms with van der Waals surface area (Å²) >= 11 is 0. The Labute approximate surface area is 72.7 Å². The Hall–Kier alpha value is -0.420. The highest BCUT2D eigenvalue weighted by molar-refractivity contribution is 4.87. The minimum Gasteiger partial charge on any atom is -0.395 e. The summed E-state index contributed by atoms with van der Waals surface area (Å²) in [7, 11) is 0. The van der Waals surface area contributed by atoms with Crippen molar-refractivity contribution >= 4 is 0 Å². The van der Waals surface area contributed by atoms with Crippen LogP contribution in [0.15, 0.2) is 12.7 Å². The van der Waals surface area contributed by atoms with Crippen LogP contribution in [-0.2, 0) is 0 Å². The van der Waals surface area contributed by atoms with Crippen molar-refractivity contribution in [3.05, 3.63) is 12.7 Å². The lowest BCUT2D eigenvalue weighted by Gasteiger charge is -2.26. The molecule has 0 rings (SSSR count). The van der Waals surface area contributed by atoms with Crippen LogP contribution in [0.4, 0.5) is 0 Å². The first kappa shape index (κ1) is 11.6. The molecule has 0 aromatic heterocycles. The highest BCUT2D eigenvalue weighted by Crippen LogP contribution is 1.98. The molecule has 0 aliphatic carbocycles. The summed E-state index contributed by atoms with van der Waals surface area (Å²) in [6, 6.07) is -0.177. The number of rotatable bonds is 7. The molecule has 4 heteroatoms. The van der Waals surface area contributed by atoms with Crippen molar-refractivity contribution in [2.45, 2.75) is 6.04 Å². The van der Waals surface area contributed by atoms with Gasteiger partial charge >= 0.3 is 0 Å². The third kappa shape index (κ3) is 3.82. The molecule has 1 atom stereocenters. The predicted molar refractivity (Wildman–Crippen MR) is 46.8 cm³/mol. The topological polar surface area (TPSA) is 63.9 Å². The largest absolute Gasteiger partial charge is 0.395 e. The van der Waals surface area contributed by atoms with Gasteiger partial charge in [-0.2, -0.15) is 0 Å². The van der Waals surface area contributed by atoms with Crippen LogP contribution in [0.2, 0.25) is 0 Å². The van der Waals surface area contributed by atoms with Crippen LogP contribution >= 0.6 is 0 Å². The second-order valence-electron chi connectivity index (χ2n) is 2.47. The summed E-state index contributed by atoms with van der Waals surface area (Å²) in [4.78, 5) is 1.77. The molecular weight excluding hydrogens is 158 g/mol. The summed E-state index contributed by atoms with van der Waals surface area (Å²) in [6.45, 7) is 4.44. The highest BCUT2D eigenvalue weighted by Gasteiger charge is 2.12. The normalized spacial score (nSPS) is 13.3. The van der Waals surface area contributed by atoms with Gasteiger partial charge in [-0.05, 0) is 0 Å². The van der Waals surface area contributed by atoms with Crippen molar-refractivity contribution in [3.63, 3.8) is 0 Å². The molecule has 0 heterocycles. The van der Waals surface area contributed by atoms with E-state index in [1.165, 1.54) is 0 Å². The molecule has 0 amide bonds. The van der Waals surface area contributed by atoms with Gasteiger partial charge in [-0.25, -0.2) is 0 Å². The lowest BCUT2D eigenvalue weighted by atomic mass is 10.2. The maximum Gasteiger partial charge on any atom is 0.0622 e. The van der Waals surface area contributed by atoms with E-state index >= 15 is 0 Å². The lowest BCUT2D eigenvalue weighted by molar-refractivity contribution is 0.106. The van der Waals surface area contributed by atoms with Gasteiger partial charge in [-0.3, -0.25) is 4.90 Å². The molecule has 1 unspecified atom stereocenters. The maximum absolute atomic E-state index is 8.87. The molecule has 0 aromatic carbocycles. The maximum atomic E-state index is 8.87. The Morgan fingerprint density at radius 1 is 1.17 bits per heavy atom. The van der Waals surface area contributed by atoms with Crippen LogP contribution in [0.5, 0.6) is 0 Å². The molecule has 12 heavy (non-hydrogen) atoms. The fraction of sp³-hybridized carbons (Fsp3) is 0.750. The molecule has 4 nitrogen and oxygen atoms in total. The number of aliphatic hydroxyl groups excluding tert-OH is 3. The first-order valence-electron chi connectivity index (χ1n) is 3.99. The Morgan fingerprint density at radius 2 is 1.67 bits per heavy atom. The second kappa shape index (κ2) is 7.24. The molecule has 0 saturated carbocycles. The summed E-state index contributed by atoms with van der Waals surface area (Å²) < 4.78 is 0. The minimum atomic E-state index is -0.177. The van der Waals surface area contributed by atoms with E-state index in [-0.39, 0.29) is 25.9 Å². The molecule has 0 aromatic rings. The van der Waals surface area contributed by atoms with Gasteiger partial charge in [0.05, 0.1) is 25.9 Å². The quantitative estimate of drug-likeness (QED) is 0.426. The van der Waals surface area contributed by atoms with Crippen LogP contribution in [-0.4, -0.2) is 59.2 Å². The van der Waals surface area contributed by atoms with Gasteiger partial charge in [-0.15, -0.1) is 6.58 Å². The van der Waals surface area contributed by atoms with Crippen molar-refractivity contribution in [3.8, 4) is 0 Å². The van der Waals surface area contributed by atoms with Crippen LogP contribution in [0.3, 0.4) is 0 Å². The van der Waals surface area contributed by atoms with E-state index in [0.717, 1.165) is 0 Å². The van der Waals surface area contributed by atoms with Gasteiger partial charge < -0.3 is 15.3 Å². The third-order valence-corrected chi connectivity index (χ3v) is 1.70. The van der Waals surface area contributed by atoms with Gasteiger partial charge in [0.2, 0.25) is 0 Å². The molecule has 3 N–H and O–H groups in total. The second-order valence-corrected chi connectivity index (χ2v) is 2.47. The minimum absolute atomic E-state index is 0.0182. The number of aliphatic hydroxyl groups is 3. The third-order valence-electron chi connectivity index (χ3n) is 1.70. The lowest BCUT2D eigenvalue weighted by Crippen LogP contribution is -2.40. The molecule has 0 fully saturated rings. The van der Waals surface area contributed by atoms with Crippen LogP contribution < -0.4 is 0 Å². The average Bonchev–Trinajstić information content (AvgIpc) is 2.07. The van der Waals surface area contributed by atoms with E-state index < -0.39 is 0 Å². The molecule has 0 radical (unpaired) electrons. The van der Waals surface area contributed by atoms with Crippen LogP contribution in [0.1, 0.15) is 0 Å². The summed E-state index contributed by atoms with van der Waals surface area (Å²) in [6.07, 6.45) is 1.60. The first-order chi connectivity index (χ1) is 5.79. The smallest absolute Gasteiger partial charge is 0.0622 e. The molecule has 0 aliphatic heterocycles. The summed E-state index contributed by atoms with van der Waals surface area (Å²) in [5, 5.41) is 26.2. The molecule has 0 bridgehead atoms. The highest BCUT2D eigenvalue weighted by atomic mass is 16.3. The molecule has 0 aliphatic rings. The fourth-order valence-electron chi connectivity index (χ4n) is 1.04. The van der Waals surface area contributed by atoms with E-state index in [9.17, 15) is 0 Å². The first-order valence-corrected chi connectivity index (χ1v) is 3.99. The van der Waals surface area contributed by atoms with E-state index in [4.69, 9.17) is 15.3 Å². The zero-order chi connectivity index (χ0) is 9.40. The van der Waals surface area contributed by atoms with Crippen molar-refractivity contribution in [2.24, 2.45) is 0 Å². The molecule has 0 spiro atoms. The van der Waals surface area contributed by atoms with E-state index in [2.05, 4.69) is 6.58 Å². The zero-order valence-corrected chi connectivity index (χ0v) is 7.19. The van der Waals surface area contributed by atoms with Crippen molar-refractivity contribution in [1.29, 1.82) is 0 Å². The monoisotopic (exact) mass is 175 g/mol. The van der Waals surface area contributed by atoms with Gasteiger partial charge in [0, 0.05) is 13.1 Å². The van der Waals surface area contributed by atoms with Crippen LogP contribution in [0.25, 0.3) is 0 Å². The SMILES string of the molecule is C=CC(CO)N(CCO)CCO. The standard InChI is InChI=1S/C8H17NO3/c1-2-8(7-12)9(3-5-10)4-6-11/h2,8,10-12H,1,3-7H2. The molecule has 0 saturated heterocycles. The van der Waals surface area contributed by atoms with E-state index in [1.54, 1.807) is 11.0 Å². The predicted octanol–water partition coefficient (Wildman–Crippen LogP) is -1.18. The average molecular weight is 175 g/mol. The summed E-state index contributed by atoms with van der Waals surface area (Å²) in [5.74, 6) is 0. The Bertz CT molecular complexity index is 113. The van der Waals surface area contributed by atoms with Gasteiger partial charge in [0.25, 0.3) is 0 Å². The van der Waals surface area contributed by atoms with Gasteiger partial charge in [0.15, 0.2) is 0 Å². The number of nitrogens with zero attached hydrogens (tertiary/aromatic N) is 1. The summed E-state index contributed by atoms with van der Waals surface area (Å²) in [5.41, 5.74) is 0. The van der Waals surface area contributed by atoms with E-state index in [1.807, 2.05) is 0 Å². The number of hydrogen-bond acceptors (Lipinski definition) is 4. The number of hydrogen-bond donors (Lipinski definition) is 3. The van der Waals surface area contributed by atoms with Crippen molar-refractivity contribution in [1.82, 2.24) is 4.90 Å². The fourth-order valence-corrected chi connectivity index (χ4v) is 1.04. The Balaban J connectivity index is 3.94. The van der Waals surface area contributed by atoms with Crippen LogP contribution in [0, 0.1) is 0 Å². The zero-order valence-electron chi connectivity index (χ0n) is 7.19.